The summed E-state index contributed by atoms with van der Waals surface area (Å²) in [4.78, 5) is 0. The smallest absolute Gasteiger partial charge is 0.0537 e. The van der Waals surface area contributed by atoms with E-state index in [0.717, 1.165) is 12.8 Å². The third-order valence-electron chi connectivity index (χ3n) is 3.76. The maximum absolute atomic E-state index is 4.23. The van der Waals surface area contributed by atoms with E-state index in [1.165, 1.54) is 16.7 Å². The second-order valence-electron chi connectivity index (χ2n) is 5.21. The van der Waals surface area contributed by atoms with E-state index in [-0.39, 0.29) is 0 Å². The first-order valence-corrected chi connectivity index (χ1v) is 6.54. The molecule has 0 saturated heterocycles. The zero-order valence-electron chi connectivity index (χ0n) is 10.9. The molecular weight excluding hydrogens is 222 g/mol. The molecule has 3 nitrogen and oxygen atoms in total. The van der Waals surface area contributed by atoms with E-state index in [1.54, 1.807) is 0 Å². The fourth-order valence-corrected chi connectivity index (χ4v) is 2.79. The van der Waals surface area contributed by atoms with Gasteiger partial charge < -0.3 is 5.32 Å². The van der Waals surface area contributed by atoms with Crippen molar-refractivity contribution < 1.29 is 0 Å². The molecule has 18 heavy (non-hydrogen) atoms. The number of aromatic nitrogens is 2. The highest BCUT2D eigenvalue weighted by Gasteiger charge is 2.22. The molecule has 0 aliphatic heterocycles. The number of rotatable bonds is 3. The molecule has 1 aromatic heterocycles. The van der Waals surface area contributed by atoms with E-state index in [9.17, 15) is 0 Å². The molecule has 0 amide bonds. The average molecular weight is 241 g/mol. The van der Waals surface area contributed by atoms with Crippen molar-refractivity contribution in [2.24, 2.45) is 7.05 Å². The molecule has 1 aromatic carbocycles. The Bertz CT molecular complexity index is 519. The van der Waals surface area contributed by atoms with Crippen molar-refractivity contribution in [2.75, 3.05) is 0 Å². The van der Waals surface area contributed by atoms with Gasteiger partial charge in [0.1, 0.15) is 0 Å². The fourth-order valence-electron chi connectivity index (χ4n) is 2.79. The van der Waals surface area contributed by atoms with Gasteiger partial charge in [0.05, 0.1) is 6.20 Å². The molecule has 0 spiro atoms. The van der Waals surface area contributed by atoms with Crippen LogP contribution in [0.15, 0.2) is 36.7 Å². The Morgan fingerprint density at radius 1 is 1.28 bits per heavy atom. The van der Waals surface area contributed by atoms with Gasteiger partial charge >= 0.3 is 0 Å². The molecule has 1 unspecified atom stereocenters. The van der Waals surface area contributed by atoms with Crippen LogP contribution in [-0.4, -0.2) is 15.8 Å². The van der Waals surface area contributed by atoms with Crippen molar-refractivity contribution in [3.8, 4) is 0 Å². The first-order valence-electron chi connectivity index (χ1n) is 6.54. The molecule has 1 aliphatic carbocycles. The Balaban J connectivity index is 1.66. The summed E-state index contributed by atoms with van der Waals surface area (Å²) in [6.45, 7) is 2.21. The van der Waals surface area contributed by atoms with Crippen LogP contribution in [0.1, 0.15) is 29.7 Å². The van der Waals surface area contributed by atoms with Crippen molar-refractivity contribution >= 4 is 0 Å². The standard InChI is InChI=1S/C15H19N3/c1-11(14-9-16-18(2)10-14)17-15-7-12-5-3-4-6-13(12)8-15/h3-6,9-11,15,17H,7-8H2,1-2H3. The number of fused-ring (bicyclic) bond motifs is 1. The van der Waals surface area contributed by atoms with Gasteiger partial charge in [0.2, 0.25) is 0 Å². The second kappa shape index (κ2) is 4.58. The van der Waals surface area contributed by atoms with Crippen molar-refractivity contribution in [1.82, 2.24) is 15.1 Å². The lowest BCUT2D eigenvalue weighted by molar-refractivity contribution is 0.467. The van der Waals surface area contributed by atoms with Gasteiger partial charge in [0.25, 0.3) is 0 Å². The van der Waals surface area contributed by atoms with Gasteiger partial charge in [0, 0.05) is 30.9 Å². The molecular formula is C15H19N3. The van der Waals surface area contributed by atoms with Crippen LogP contribution in [0, 0.1) is 0 Å². The normalized spacial score (nSPS) is 16.8. The molecule has 1 aliphatic rings. The molecule has 94 valence electrons. The van der Waals surface area contributed by atoms with E-state index in [4.69, 9.17) is 0 Å². The lowest BCUT2D eigenvalue weighted by atomic mass is 10.1. The van der Waals surface area contributed by atoms with Crippen LogP contribution in [0.25, 0.3) is 0 Å². The minimum Gasteiger partial charge on any atom is -0.307 e. The molecule has 1 N–H and O–H groups in total. The summed E-state index contributed by atoms with van der Waals surface area (Å²) in [6.07, 6.45) is 6.31. The van der Waals surface area contributed by atoms with Crippen LogP contribution in [0.4, 0.5) is 0 Å². The van der Waals surface area contributed by atoms with Crippen molar-refractivity contribution in [1.29, 1.82) is 0 Å². The van der Waals surface area contributed by atoms with Gasteiger partial charge in [0.15, 0.2) is 0 Å². The summed E-state index contributed by atoms with van der Waals surface area (Å²) in [5.74, 6) is 0. The maximum Gasteiger partial charge on any atom is 0.0537 e. The molecule has 0 fully saturated rings. The Hall–Kier alpha value is -1.61. The number of hydrogen-bond acceptors (Lipinski definition) is 2. The molecule has 1 atom stereocenters. The summed E-state index contributed by atoms with van der Waals surface area (Å²) in [6, 6.07) is 9.66. The van der Waals surface area contributed by atoms with Crippen LogP contribution in [-0.2, 0) is 19.9 Å². The van der Waals surface area contributed by atoms with Gasteiger partial charge in [-0.15, -0.1) is 0 Å². The predicted octanol–water partition coefficient (Wildman–Crippen LogP) is 2.24. The SMILES string of the molecule is CC(NC1Cc2ccccc2C1)c1cnn(C)c1. The van der Waals surface area contributed by atoms with E-state index in [0.29, 0.717) is 12.1 Å². The Morgan fingerprint density at radius 2 is 1.94 bits per heavy atom. The summed E-state index contributed by atoms with van der Waals surface area (Å²) < 4.78 is 1.86. The third-order valence-corrected chi connectivity index (χ3v) is 3.76. The highest BCUT2D eigenvalue weighted by Crippen LogP contribution is 2.23. The Morgan fingerprint density at radius 3 is 2.50 bits per heavy atom. The zero-order chi connectivity index (χ0) is 12.5. The third kappa shape index (κ3) is 2.18. The first-order chi connectivity index (χ1) is 8.72. The number of aryl methyl sites for hydroxylation is 1. The fraction of sp³-hybridized carbons (Fsp3) is 0.400. The quantitative estimate of drug-likeness (QED) is 0.893. The van der Waals surface area contributed by atoms with E-state index >= 15 is 0 Å². The number of nitrogens with zero attached hydrogens (tertiary/aromatic N) is 2. The highest BCUT2D eigenvalue weighted by molar-refractivity contribution is 5.33. The molecule has 3 rings (SSSR count). The molecule has 0 radical (unpaired) electrons. The predicted molar refractivity (Wildman–Crippen MR) is 72.4 cm³/mol. The average Bonchev–Trinajstić information content (AvgIpc) is 2.94. The van der Waals surface area contributed by atoms with Gasteiger partial charge in [-0.25, -0.2) is 0 Å². The van der Waals surface area contributed by atoms with Crippen LogP contribution in [0.2, 0.25) is 0 Å². The zero-order valence-corrected chi connectivity index (χ0v) is 10.9. The number of nitrogens with one attached hydrogen (secondary N) is 1. The van der Waals surface area contributed by atoms with Gasteiger partial charge in [-0.3, -0.25) is 4.68 Å². The summed E-state index contributed by atoms with van der Waals surface area (Å²) >= 11 is 0. The maximum atomic E-state index is 4.23. The van der Waals surface area contributed by atoms with Crippen LogP contribution < -0.4 is 5.32 Å². The van der Waals surface area contributed by atoms with Crippen LogP contribution in [0.5, 0.6) is 0 Å². The first kappa shape index (κ1) is 11.5. The topological polar surface area (TPSA) is 29.9 Å². The summed E-state index contributed by atoms with van der Waals surface area (Å²) in [5.41, 5.74) is 4.25. The van der Waals surface area contributed by atoms with E-state index in [2.05, 4.69) is 47.8 Å². The van der Waals surface area contributed by atoms with Crippen LogP contribution in [0.3, 0.4) is 0 Å². The van der Waals surface area contributed by atoms with Crippen molar-refractivity contribution in [2.45, 2.75) is 31.8 Å². The van der Waals surface area contributed by atoms with Crippen LogP contribution >= 0.6 is 0 Å². The molecule has 1 heterocycles. The van der Waals surface area contributed by atoms with Crippen molar-refractivity contribution in [3.05, 3.63) is 53.3 Å². The molecule has 0 bridgehead atoms. The highest BCUT2D eigenvalue weighted by atomic mass is 15.2. The second-order valence-corrected chi connectivity index (χ2v) is 5.21. The molecule has 0 saturated carbocycles. The van der Waals surface area contributed by atoms with Gasteiger partial charge in [-0.1, -0.05) is 24.3 Å². The monoisotopic (exact) mass is 241 g/mol. The van der Waals surface area contributed by atoms with Crippen molar-refractivity contribution in [3.63, 3.8) is 0 Å². The molecule has 3 heteroatoms. The van der Waals surface area contributed by atoms with E-state index in [1.807, 2.05) is 17.9 Å². The Kier molecular flexibility index (Phi) is 2.92. The minimum atomic E-state index is 0.359. The van der Waals surface area contributed by atoms with Gasteiger partial charge in [-0.2, -0.15) is 5.10 Å². The Labute approximate surface area is 108 Å². The number of hydrogen-bond donors (Lipinski definition) is 1. The lowest BCUT2D eigenvalue weighted by Crippen LogP contribution is -2.31. The number of benzene rings is 1. The summed E-state index contributed by atoms with van der Waals surface area (Å²) in [5, 5.41) is 7.93. The van der Waals surface area contributed by atoms with Gasteiger partial charge in [-0.05, 0) is 30.9 Å². The minimum absolute atomic E-state index is 0.359. The van der Waals surface area contributed by atoms with E-state index < -0.39 is 0 Å². The lowest BCUT2D eigenvalue weighted by Gasteiger charge is -2.18. The molecule has 2 aromatic rings. The largest absolute Gasteiger partial charge is 0.307 e. The summed E-state index contributed by atoms with van der Waals surface area (Å²) in [7, 11) is 1.96.